The van der Waals surface area contributed by atoms with Gasteiger partial charge in [0.1, 0.15) is 6.61 Å². The van der Waals surface area contributed by atoms with Gasteiger partial charge in [-0.15, -0.1) is 0 Å². The maximum Gasteiger partial charge on any atom is 0.415 e. The van der Waals surface area contributed by atoms with Crippen LogP contribution in [-0.2, 0) is 16.1 Å². The van der Waals surface area contributed by atoms with Crippen molar-refractivity contribution < 1.29 is 24.5 Å². The molecule has 0 fully saturated rings. The fourth-order valence-corrected chi connectivity index (χ4v) is 2.06. The molecule has 0 aromatic heterocycles. The van der Waals surface area contributed by atoms with E-state index < -0.39 is 24.7 Å². The maximum absolute atomic E-state index is 12.4. The van der Waals surface area contributed by atoms with Gasteiger partial charge >= 0.3 is 12.1 Å². The number of carbonyl (C=O) groups is 2. The molecule has 0 saturated heterocycles. The average molecular weight is 315 g/mol. The van der Waals surface area contributed by atoms with E-state index in [0.717, 1.165) is 10.5 Å². The molecule has 1 atom stereocenters. The van der Waals surface area contributed by atoms with Crippen molar-refractivity contribution in [3.05, 3.63) is 66.2 Å². The number of carboxylic acids is 1. The number of hydrogen-bond acceptors (Lipinski definition) is 4. The Morgan fingerprint density at radius 2 is 1.57 bits per heavy atom. The molecule has 6 nitrogen and oxygen atoms in total. The van der Waals surface area contributed by atoms with Gasteiger partial charge in [0, 0.05) is 5.69 Å². The Labute approximate surface area is 133 Å². The van der Waals surface area contributed by atoms with Crippen LogP contribution in [0.1, 0.15) is 5.56 Å². The molecule has 2 aromatic carbocycles. The molecule has 0 aliphatic rings. The van der Waals surface area contributed by atoms with Crippen molar-refractivity contribution in [2.45, 2.75) is 12.6 Å². The molecule has 0 unspecified atom stereocenters. The number of aliphatic hydroxyl groups is 1. The minimum absolute atomic E-state index is 0.0147. The highest BCUT2D eigenvalue weighted by Gasteiger charge is 2.31. The van der Waals surface area contributed by atoms with Crippen LogP contribution in [0.15, 0.2) is 60.7 Å². The second-order valence-corrected chi connectivity index (χ2v) is 4.78. The number of amides is 1. The highest BCUT2D eigenvalue weighted by Crippen LogP contribution is 2.19. The Morgan fingerprint density at radius 1 is 1.00 bits per heavy atom. The number of carboxylic acid groups (broad SMARTS) is 1. The highest BCUT2D eigenvalue weighted by atomic mass is 16.6. The fourth-order valence-electron chi connectivity index (χ4n) is 2.06. The van der Waals surface area contributed by atoms with Gasteiger partial charge in [0.15, 0.2) is 6.04 Å². The van der Waals surface area contributed by atoms with Crippen molar-refractivity contribution in [2.75, 3.05) is 11.5 Å². The lowest BCUT2D eigenvalue weighted by Crippen LogP contribution is -2.47. The van der Waals surface area contributed by atoms with Crippen molar-refractivity contribution in [2.24, 2.45) is 0 Å². The summed E-state index contributed by atoms with van der Waals surface area (Å²) in [6.45, 7) is -0.703. The summed E-state index contributed by atoms with van der Waals surface area (Å²) in [5.74, 6) is -1.31. The summed E-state index contributed by atoms with van der Waals surface area (Å²) >= 11 is 0. The molecule has 0 heterocycles. The first-order chi connectivity index (χ1) is 11.1. The van der Waals surface area contributed by atoms with E-state index in [9.17, 15) is 19.8 Å². The molecule has 2 aromatic rings. The molecule has 0 aliphatic carbocycles. The molecule has 2 N–H and O–H groups in total. The SMILES string of the molecule is O=C(O)[C@@H](CO)N(C(=O)OCc1ccccc1)c1ccccc1. The first-order valence-corrected chi connectivity index (χ1v) is 7.02. The van der Waals surface area contributed by atoms with Gasteiger partial charge in [0.2, 0.25) is 0 Å². The quantitative estimate of drug-likeness (QED) is 0.854. The van der Waals surface area contributed by atoms with Gasteiger partial charge in [-0.1, -0.05) is 48.5 Å². The van der Waals surface area contributed by atoms with Crippen LogP contribution in [0.5, 0.6) is 0 Å². The Kier molecular flexibility index (Phi) is 5.71. The minimum Gasteiger partial charge on any atom is -0.480 e. The molecule has 6 heteroatoms. The number of para-hydroxylation sites is 1. The van der Waals surface area contributed by atoms with E-state index in [1.807, 2.05) is 18.2 Å². The summed E-state index contributed by atoms with van der Waals surface area (Å²) in [4.78, 5) is 24.6. The number of anilines is 1. The smallest absolute Gasteiger partial charge is 0.415 e. The first-order valence-electron chi connectivity index (χ1n) is 7.02. The van der Waals surface area contributed by atoms with Crippen molar-refractivity contribution >= 4 is 17.7 Å². The average Bonchev–Trinajstić information content (AvgIpc) is 2.58. The van der Waals surface area contributed by atoms with E-state index in [2.05, 4.69) is 0 Å². The Hall–Kier alpha value is -2.86. The highest BCUT2D eigenvalue weighted by molar-refractivity contribution is 5.95. The number of benzene rings is 2. The molecular formula is C17H17NO5. The number of hydrogen-bond donors (Lipinski definition) is 2. The molecule has 0 bridgehead atoms. The van der Waals surface area contributed by atoms with Crippen LogP contribution in [0.3, 0.4) is 0 Å². The maximum atomic E-state index is 12.4. The third-order valence-electron chi connectivity index (χ3n) is 3.21. The number of aliphatic hydroxyl groups excluding tert-OH is 1. The zero-order valence-corrected chi connectivity index (χ0v) is 12.3. The van der Waals surface area contributed by atoms with Gasteiger partial charge in [-0.3, -0.25) is 4.90 Å². The van der Waals surface area contributed by atoms with E-state index in [1.54, 1.807) is 42.5 Å². The summed E-state index contributed by atoms with van der Waals surface area (Å²) in [5.41, 5.74) is 1.12. The van der Waals surface area contributed by atoms with Crippen molar-refractivity contribution in [3.63, 3.8) is 0 Å². The summed E-state index contributed by atoms with van der Waals surface area (Å²) in [5, 5.41) is 18.6. The van der Waals surface area contributed by atoms with Crippen LogP contribution in [0.2, 0.25) is 0 Å². The van der Waals surface area contributed by atoms with E-state index in [1.165, 1.54) is 0 Å². The number of rotatable bonds is 6. The number of aliphatic carboxylic acids is 1. The molecule has 0 radical (unpaired) electrons. The number of ether oxygens (including phenoxy) is 1. The number of nitrogens with zero attached hydrogens (tertiary/aromatic N) is 1. The summed E-state index contributed by atoms with van der Waals surface area (Å²) in [7, 11) is 0. The Balaban J connectivity index is 2.19. The predicted octanol–water partition coefficient (Wildman–Crippen LogP) is 2.28. The van der Waals surface area contributed by atoms with Gasteiger partial charge in [0.25, 0.3) is 0 Å². The van der Waals surface area contributed by atoms with Crippen LogP contribution >= 0.6 is 0 Å². The molecule has 0 spiro atoms. The molecule has 1 amide bonds. The van der Waals surface area contributed by atoms with Crippen LogP contribution in [0, 0.1) is 0 Å². The van der Waals surface area contributed by atoms with E-state index in [-0.39, 0.29) is 6.61 Å². The van der Waals surface area contributed by atoms with Gasteiger partial charge in [-0.2, -0.15) is 0 Å². The predicted molar refractivity (Wildman–Crippen MR) is 84.1 cm³/mol. The zero-order chi connectivity index (χ0) is 16.7. The molecule has 23 heavy (non-hydrogen) atoms. The first kappa shape index (κ1) is 16.5. The second kappa shape index (κ2) is 7.95. The van der Waals surface area contributed by atoms with Gasteiger partial charge in [-0.05, 0) is 17.7 Å². The van der Waals surface area contributed by atoms with Crippen LogP contribution in [0.25, 0.3) is 0 Å². The number of carbonyl (C=O) groups excluding carboxylic acids is 1. The van der Waals surface area contributed by atoms with Crippen LogP contribution < -0.4 is 4.90 Å². The minimum atomic E-state index is -1.42. The summed E-state index contributed by atoms with van der Waals surface area (Å²) < 4.78 is 5.19. The lowest BCUT2D eigenvalue weighted by Gasteiger charge is -2.27. The van der Waals surface area contributed by atoms with Crippen LogP contribution in [-0.4, -0.2) is 34.9 Å². The molecule has 120 valence electrons. The Morgan fingerprint density at radius 3 is 2.09 bits per heavy atom. The van der Waals surface area contributed by atoms with Gasteiger partial charge < -0.3 is 14.9 Å². The van der Waals surface area contributed by atoms with E-state index in [4.69, 9.17) is 4.74 Å². The lowest BCUT2D eigenvalue weighted by molar-refractivity contribution is -0.139. The topological polar surface area (TPSA) is 87.1 Å². The van der Waals surface area contributed by atoms with Gasteiger partial charge in [0.05, 0.1) is 6.61 Å². The molecule has 2 rings (SSSR count). The fraction of sp³-hybridized carbons (Fsp3) is 0.176. The van der Waals surface area contributed by atoms with E-state index in [0.29, 0.717) is 5.69 Å². The van der Waals surface area contributed by atoms with Crippen molar-refractivity contribution in [1.82, 2.24) is 0 Å². The standard InChI is InChI=1S/C17H17NO5/c19-11-15(16(20)21)18(14-9-5-2-6-10-14)17(22)23-12-13-7-3-1-4-8-13/h1-10,15,19H,11-12H2,(H,20,21)/t15-/m1/s1. The second-order valence-electron chi connectivity index (χ2n) is 4.78. The van der Waals surface area contributed by atoms with Crippen LogP contribution in [0.4, 0.5) is 10.5 Å². The summed E-state index contributed by atoms with van der Waals surface area (Å²) in [6, 6.07) is 15.9. The largest absolute Gasteiger partial charge is 0.480 e. The molecule has 0 aliphatic heterocycles. The van der Waals surface area contributed by atoms with Crippen molar-refractivity contribution in [1.29, 1.82) is 0 Å². The zero-order valence-electron chi connectivity index (χ0n) is 12.3. The van der Waals surface area contributed by atoms with Gasteiger partial charge in [-0.25, -0.2) is 9.59 Å². The lowest BCUT2D eigenvalue weighted by atomic mass is 10.2. The summed E-state index contributed by atoms with van der Waals surface area (Å²) in [6.07, 6.45) is -0.832. The third kappa shape index (κ3) is 4.31. The normalized spacial score (nSPS) is 11.5. The third-order valence-corrected chi connectivity index (χ3v) is 3.21. The molecular weight excluding hydrogens is 298 g/mol. The monoisotopic (exact) mass is 315 g/mol. The van der Waals surface area contributed by atoms with E-state index >= 15 is 0 Å². The van der Waals surface area contributed by atoms with Crippen molar-refractivity contribution in [3.8, 4) is 0 Å². The Bertz CT molecular complexity index is 645. The molecule has 0 saturated carbocycles.